The summed E-state index contributed by atoms with van der Waals surface area (Å²) >= 11 is 0. The molecule has 1 saturated heterocycles. The zero-order chi connectivity index (χ0) is 12.3. The smallest absolute Gasteiger partial charge is 0.220 e. The molecule has 1 heterocycles. The van der Waals surface area contributed by atoms with Crippen molar-refractivity contribution in [3.63, 3.8) is 0 Å². The molecule has 1 N–H and O–H groups in total. The van der Waals surface area contributed by atoms with E-state index in [9.17, 15) is 9.18 Å². The normalized spacial score (nSPS) is 20.6. The van der Waals surface area contributed by atoms with Gasteiger partial charge < -0.3 is 10.1 Å². The summed E-state index contributed by atoms with van der Waals surface area (Å²) in [6, 6.07) is 4.76. The van der Waals surface area contributed by atoms with E-state index >= 15 is 0 Å². The van der Waals surface area contributed by atoms with E-state index in [0.29, 0.717) is 6.42 Å². The zero-order valence-corrected chi connectivity index (χ0v) is 9.83. The van der Waals surface area contributed by atoms with Gasteiger partial charge in [-0.05, 0) is 30.5 Å². The summed E-state index contributed by atoms with van der Waals surface area (Å²) in [6.07, 6.45) is 3.31. The number of hydrogen-bond donors (Lipinski definition) is 1. The number of halogens is 1. The number of ether oxygens (including phenoxy) is 1. The first-order valence-electron chi connectivity index (χ1n) is 5.83. The highest BCUT2D eigenvalue weighted by Crippen LogP contribution is 2.26. The summed E-state index contributed by atoms with van der Waals surface area (Å²) in [5, 5.41) is 2.91. The second-order valence-corrected chi connectivity index (χ2v) is 4.26. The van der Waals surface area contributed by atoms with Gasteiger partial charge in [0.1, 0.15) is 0 Å². The largest absolute Gasteiger partial charge is 0.494 e. The molecule has 1 amide bonds. The number of benzene rings is 1. The van der Waals surface area contributed by atoms with Gasteiger partial charge in [0.15, 0.2) is 11.6 Å². The third-order valence-electron chi connectivity index (χ3n) is 3.06. The number of amides is 1. The van der Waals surface area contributed by atoms with Crippen LogP contribution < -0.4 is 10.1 Å². The van der Waals surface area contributed by atoms with Crippen LogP contribution in [0.3, 0.4) is 0 Å². The first-order chi connectivity index (χ1) is 8.20. The predicted octanol–water partition coefficient (Wildman–Crippen LogP) is 2.57. The molecule has 17 heavy (non-hydrogen) atoms. The van der Waals surface area contributed by atoms with Crippen molar-refractivity contribution in [1.82, 2.24) is 5.32 Å². The summed E-state index contributed by atoms with van der Waals surface area (Å²) in [7, 11) is 1.44. The molecule has 1 aromatic carbocycles. The number of hydrogen-bond acceptors (Lipinski definition) is 2. The minimum atomic E-state index is -0.386. The van der Waals surface area contributed by atoms with Crippen molar-refractivity contribution in [3.05, 3.63) is 29.6 Å². The van der Waals surface area contributed by atoms with Gasteiger partial charge in [-0.3, -0.25) is 4.79 Å². The van der Waals surface area contributed by atoms with Gasteiger partial charge >= 0.3 is 0 Å². The molecule has 1 unspecified atom stereocenters. The molecule has 92 valence electrons. The van der Waals surface area contributed by atoms with E-state index in [2.05, 4.69) is 5.32 Å². The Labute approximate surface area is 100.0 Å². The Morgan fingerprint density at radius 3 is 2.94 bits per heavy atom. The minimum Gasteiger partial charge on any atom is -0.494 e. The summed E-state index contributed by atoms with van der Waals surface area (Å²) in [4.78, 5) is 11.4. The van der Waals surface area contributed by atoms with Crippen LogP contribution >= 0.6 is 0 Å². The highest BCUT2D eigenvalue weighted by atomic mass is 19.1. The lowest BCUT2D eigenvalue weighted by Gasteiger charge is -2.16. The number of carbonyl (C=O) groups excluding carboxylic acids is 1. The Kier molecular flexibility index (Phi) is 3.61. The number of carbonyl (C=O) groups is 1. The molecule has 4 heteroatoms. The molecule has 1 aromatic rings. The van der Waals surface area contributed by atoms with Crippen LogP contribution in [0.2, 0.25) is 0 Å². The van der Waals surface area contributed by atoms with E-state index in [0.717, 1.165) is 24.8 Å². The zero-order valence-electron chi connectivity index (χ0n) is 9.83. The average Bonchev–Trinajstić information content (AvgIpc) is 2.54. The highest BCUT2D eigenvalue weighted by Gasteiger charge is 2.19. The molecular weight excluding hydrogens is 221 g/mol. The molecule has 0 spiro atoms. The lowest BCUT2D eigenvalue weighted by Crippen LogP contribution is -2.26. The third-order valence-corrected chi connectivity index (χ3v) is 3.06. The molecule has 0 saturated carbocycles. The maximum atomic E-state index is 13.6. The monoisotopic (exact) mass is 237 g/mol. The fourth-order valence-electron chi connectivity index (χ4n) is 2.12. The first-order valence-corrected chi connectivity index (χ1v) is 5.83. The number of methoxy groups -OCH3 is 1. The number of rotatable bonds is 2. The molecule has 1 atom stereocenters. The van der Waals surface area contributed by atoms with Crippen molar-refractivity contribution in [2.45, 2.75) is 31.7 Å². The molecule has 0 aliphatic carbocycles. The van der Waals surface area contributed by atoms with Gasteiger partial charge in [0.05, 0.1) is 13.2 Å². The Morgan fingerprint density at radius 2 is 2.24 bits per heavy atom. The van der Waals surface area contributed by atoms with Crippen molar-refractivity contribution in [2.24, 2.45) is 0 Å². The van der Waals surface area contributed by atoms with Crippen LogP contribution in [0.15, 0.2) is 18.2 Å². The molecule has 1 fully saturated rings. The van der Waals surface area contributed by atoms with Crippen LogP contribution in [-0.2, 0) is 4.79 Å². The first kappa shape index (κ1) is 11.9. The molecule has 1 aliphatic heterocycles. The summed E-state index contributed by atoms with van der Waals surface area (Å²) in [5.41, 5.74) is 0.804. The quantitative estimate of drug-likeness (QED) is 0.858. The molecule has 2 rings (SSSR count). The molecule has 0 bridgehead atoms. The summed E-state index contributed by atoms with van der Waals surface area (Å²) < 4.78 is 18.4. The molecule has 0 aromatic heterocycles. The molecule has 1 aliphatic rings. The van der Waals surface area contributed by atoms with Crippen molar-refractivity contribution in [2.75, 3.05) is 7.11 Å². The second-order valence-electron chi connectivity index (χ2n) is 4.26. The van der Waals surface area contributed by atoms with Crippen LogP contribution in [0.4, 0.5) is 4.39 Å². The average molecular weight is 237 g/mol. The Morgan fingerprint density at radius 1 is 1.41 bits per heavy atom. The standard InChI is InChI=1S/C13H16FNO2/c1-17-12-7-6-9(8-10(12)14)11-4-2-3-5-13(16)15-11/h6-8,11H,2-5H2,1H3,(H,15,16). The third kappa shape index (κ3) is 2.75. The topological polar surface area (TPSA) is 38.3 Å². The van der Waals surface area contributed by atoms with E-state index in [1.807, 2.05) is 0 Å². The Bertz CT molecular complexity index is 420. The van der Waals surface area contributed by atoms with Gasteiger partial charge in [0.2, 0.25) is 5.91 Å². The van der Waals surface area contributed by atoms with Crippen LogP contribution in [0.25, 0.3) is 0 Å². The van der Waals surface area contributed by atoms with Gasteiger partial charge in [-0.2, -0.15) is 0 Å². The Hall–Kier alpha value is -1.58. The van der Waals surface area contributed by atoms with E-state index in [4.69, 9.17) is 4.74 Å². The number of nitrogens with one attached hydrogen (secondary N) is 1. The van der Waals surface area contributed by atoms with Crippen LogP contribution in [-0.4, -0.2) is 13.0 Å². The van der Waals surface area contributed by atoms with Gasteiger partial charge in [0, 0.05) is 6.42 Å². The van der Waals surface area contributed by atoms with Crippen LogP contribution in [0.5, 0.6) is 5.75 Å². The lowest BCUT2D eigenvalue weighted by molar-refractivity contribution is -0.121. The second kappa shape index (κ2) is 5.17. The van der Waals surface area contributed by atoms with Crippen LogP contribution in [0, 0.1) is 5.82 Å². The van der Waals surface area contributed by atoms with E-state index in [1.54, 1.807) is 12.1 Å². The highest BCUT2D eigenvalue weighted by molar-refractivity contribution is 5.76. The van der Waals surface area contributed by atoms with E-state index < -0.39 is 0 Å². The predicted molar refractivity (Wildman–Crippen MR) is 62.3 cm³/mol. The van der Waals surface area contributed by atoms with Crippen molar-refractivity contribution in [1.29, 1.82) is 0 Å². The fraction of sp³-hybridized carbons (Fsp3) is 0.462. The van der Waals surface area contributed by atoms with Crippen molar-refractivity contribution < 1.29 is 13.9 Å². The Balaban J connectivity index is 2.20. The van der Waals surface area contributed by atoms with Gasteiger partial charge in [-0.25, -0.2) is 4.39 Å². The molecule has 3 nitrogen and oxygen atoms in total. The minimum absolute atomic E-state index is 0.0451. The van der Waals surface area contributed by atoms with Gasteiger partial charge in [-0.1, -0.05) is 12.5 Å². The van der Waals surface area contributed by atoms with Gasteiger partial charge in [-0.15, -0.1) is 0 Å². The fourth-order valence-corrected chi connectivity index (χ4v) is 2.12. The van der Waals surface area contributed by atoms with Crippen LogP contribution in [0.1, 0.15) is 37.3 Å². The van der Waals surface area contributed by atoms with Crippen molar-refractivity contribution in [3.8, 4) is 5.75 Å². The SMILES string of the molecule is COc1ccc(C2CCCCC(=O)N2)cc1F. The van der Waals surface area contributed by atoms with Gasteiger partial charge in [0.25, 0.3) is 0 Å². The van der Waals surface area contributed by atoms with E-state index in [1.165, 1.54) is 13.2 Å². The van der Waals surface area contributed by atoms with E-state index in [-0.39, 0.29) is 23.5 Å². The maximum Gasteiger partial charge on any atom is 0.220 e. The molecule has 0 radical (unpaired) electrons. The maximum absolute atomic E-state index is 13.6. The lowest BCUT2D eigenvalue weighted by atomic mass is 10.0. The summed E-state index contributed by atoms with van der Waals surface area (Å²) in [5.74, 6) is -0.110. The summed E-state index contributed by atoms with van der Waals surface area (Å²) in [6.45, 7) is 0. The van der Waals surface area contributed by atoms with Crippen molar-refractivity contribution >= 4 is 5.91 Å². The molecular formula is C13H16FNO2.